The molecule has 19 heavy (non-hydrogen) atoms. The third kappa shape index (κ3) is 2.53. The standard InChI is InChI=1S/C15H22N2O2/c1-11-10-13(16-19-11)14-8-5-9-17(14)15(18)12-6-3-2-4-7-12/h10,12,14H,2-9H2,1H3/t14-/m0/s1. The molecule has 4 heteroatoms. The zero-order valence-corrected chi connectivity index (χ0v) is 11.6. The lowest BCUT2D eigenvalue weighted by atomic mass is 9.88. The van der Waals surface area contributed by atoms with Gasteiger partial charge in [-0.2, -0.15) is 0 Å². The monoisotopic (exact) mass is 262 g/mol. The number of aromatic nitrogens is 1. The van der Waals surface area contributed by atoms with E-state index in [1.54, 1.807) is 0 Å². The fourth-order valence-electron chi connectivity index (χ4n) is 3.46. The van der Waals surface area contributed by atoms with Gasteiger partial charge in [0.15, 0.2) is 0 Å². The maximum atomic E-state index is 12.7. The zero-order valence-electron chi connectivity index (χ0n) is 11.6. The van der Waals surface area contributed by atoms with Crippen LogP contribution in [-0.4, -0.2) is 22.5 Å². The van der Waals surface area contributed by atoms with E-state index < -0.39 is 0 Å². The number of aryl methyl sites for hydroxylation is 1. The summed E-state index contributed by atoms with van der Waals surface area (Å²) in [6.07, 6.45) is 7.94. The lowest BCUT2D eigenvalue weighted by molar-refractivity contribution is -0.137. The Labute approximate surface area is 114 Å². The molecule has 1 amide bonds. The Morgan fingerprint density at radius 2 is 2.05 bits per heavy atom. The molecule has 1 aliphatic carbocycles. The van der Waals surface area contributed by atoms with Gasteiger partial charge in [-0.15, -0.1) is 0 Å². The number of likely N-dealkylation sites (tertiary alicyclic amines) is 1. The molecule has 0 aromatic carbocycles. The van der Waals surface area contributed by atoms with Gasteiger partial charge in [-0.1, -0.05) is 24.4 Å². The summed E-state index contributed by atoms with van der Waals surface area (Å²) >= 11 is 0. The predicted octanol–water partition coefficient (Wildman–Crippen LogP) is 3.23. The minimum absolute atomic E-state index is 0.145. The van der Waals surface area contributed by atoms with Crippen molar-refractivity contribution in [3.05, 3.63) is 17.5 Å². The fourth-order valence-corrected chi connectivity index (χ4v) is 3.46. The fraction of sp³-hybridized carbons (Fsp3) is 0.733. The van der Waals surface area contributed by atoms with Crippen LogP contribution in [0.5, 0.6) is 0 Å². The first-order chi connectivity index (χ1) is 9.25. The molecule has 2 fully saturated rings. The summed E-state index contributed by atoms with van der Waals surface area (Å²) in [4.78, 5) is 14.7. The third-order valence-electron chi connectivity index (χ3n) is 4.48. The van der Waals surface area contributed by atoms with Crippen LogP contribution >= 0.6 is 0 Å². The molecule has 3 rings (SSSR count). The number of amides is 1. The molecule has 0 bridgehead atoms. The van der Waals surface area contributed by atoms with Crippen molar-refractivity contribution in [2.75, 3.05) is 6.54 Å². The summed E-state index contributed by atoms with van der Waals surface area (Å²) in [5, 5.41) is 4.11. The van der Waals surface area contributed by atoms with Gasteiger partial charge in [-0.3, -0.25) is 4.79 Å². The average molecular weight is 262 g/mol. The molecule has 1 saturated carbocycles. The van der Waals surface area contributed by atoms with Gasteiger partial charge in [-0.25, -0.2) is 0 Å². The number of rotatable bonds is 2. The molecule has 2 heterocycles. The van der Waals surface area contributed by atoms with Crippen molar-refractivity contribution in [3.8, 4) is 0 Å². The Kier molecular flexibility index (Phi) is 3.58. The van der Waals surface area contributed by atoms with E-state index in [1.165, 1.54) is 19.3 Å². The van der Waals surface area contributed by atoms with Crippen LogP contribution in [-0.2, 0) is 4.79 Å². The number of hydrogen-bond acceptors (Lipinski definition) is 3. The first-order valence-corrected chi connectivity index (χ1v) is 7.49. The highest BCUT2D eigenvalue weighted by Crippen LogP contribution is 2.35. The van der Waals surface area contributed by atoms with Crippen molar-refractivity contribution in [2.45, 2.75) is 57.9 Å². The molecule has 0 radical (unpaired) electrons. The van der Waals surface area contributed by atoms with Crippen molar-refractivity contribution in [2.24, 2.45) is 5.92 Å². The maximum absolute atomic E-state index is 12.7. The van der Waals surface area contributed by atoms with E-state index in [-0.39, 0.29) is 12.0 Å². The first-order valence-electron chi connectivity index (χ1n) is 7.49. The van der Waals surface area contributed by atoms with Crippen LogP contribution in [0.3, 0.4) is 0 Å². The second kappa shape index (κ2) is 5.35. The highest BCUT2D eigenvalue weighted by atomic mass is 16.5. The Bertz CT molecular complexity index is 449. The topological polar surface area (TPSA) is 46.3 Å². The Balaban J connectivity index is 1.73. The van der Waals surface area contributed by atoms with Gasteiger partial charge in [0.1, 0.15) is 11.5 Å². The maximum Gasteiger partial charge on any atom is 0.226 e. The van der Waals surface area contributed by atoms with E-state index >= 15 is 0 Å². The van der Waals surface area contributed by atoms with Crippen molar-refractivity contribution >= 4 is 5.91 Å². The van der Waals surface area contributed by atoms with Crippen LogP contribution in [0.1, 0.15) is 62.4 Å². The van der Waals surface area contributed by atoms with Crippen molar-refractivity contribution < 1.29 is 9.32 Å². The van der Waals surface area contributed by atoms with E-state index in [0.717, 1.165) is 43.7 Å². The normalized spacial score (nSPS) is 24.9. The average Bonchev–Trinajstić information content (AvgIpc) is 3.07. The summed E-state index contributed by atoms with van der Waals surface area (Å²) in [6.45, 7) is 2.78. The molecule has 0 unspecified atom stereocenters. The second-order valence-corrected chi connectivity index (χ2v) is 5.89. The van der Waals surface area contributed by atoms with E-state index in [1.807, 2.05) is 17.9 Å². The van der Waals surface area contributed by atoms with Crippen LogP contribution in [0.25, 0.3) is 0 Å². The van der Waals surface area contributed by atoms with Crippen LogP contribution in [0, 0.1) is 12.8 Å². The molecule has 1 aromatic heterocycles. The molecule has 1 aromatic rings. The lowest BCUT2D eigenvalue weighted by Crippen LogP contribution is -2.36. The molecule has 104 valence electrons. The van der Waals surface area contributed by atoms with Gasteiger partial charge in [0.25, 0.3) is 0 Å². The summed E-state index contributed by atoms with van der Waals surface area (Å²) < 4.78 is 5.16. The molecule has 1 atom stereocenters. The summed E-state index contributed by atoms with van der Waals surface area (Å²) in [7, 11) is 0. The van der Waals surface area contributed by atoms with Crippen LogP contribution in [0.15, 0.2) is 10.6 Å². The highest BCUT2D eigenvalue weighted by Gasteiger charge is 2.35. The van der Waals surface area contributed by atoms with Crippen molar-refractivity contribution in [1.82, 2.24) is 10.1 Å². The van der Waals surface area contributed by atoms with Gasteiger partial charge in [0.05, 0.1) is 6.04 Å². The molecule has 4 nitrogen and oxygen atoms in total. The van der Waals surface area contributed by atoms with E-state index in [0.29, 0.717) is 5.91 Å². The summed E-state index contributed by atoms with van der Waals surface area (Å²) in [5.74, 6) is 1.43. The molecule has 1 aliphatic heterocycles. The summed E-state index contributed by atoms with van der Waals surface area (Å²) in [5.41, 5.74) is 0.930. The number of hydrogen-bond donors (Lipinski definition) is 0. The van der Waals surface area contributed by atoms with Gasteiger partial charge >= 0.3 is 0 Å². The van der Waals surface area contributed by atoms with Crippen molar-refractivity contribution in [1.29, 1.82) is 0 Å². The highest BCUT2D eigenvalue weighted by molar-refractivity contribution is 5.79. The minimum atomic E-state index is 0.145. The van der Waals surface area contributed by atoms with Gasteiger partial charge < -0.3 is 9.42 Å². The largest absolute Gasteiger partial charge is 0.361 e. The zero-order chi connectivity index (χ0) is 13.2. The molecule has 0 spiro atoms. The quantitative estimate of drug-likeness (QED) is 0.822. The van der Waals surface area contributed by atoms with E-state index in [2.05, 4.69) is 5.16 Å². The third-order valence-corrected chi connectivity index (χ3v) is 4.48. The van der Waals surface area contributed by atoms with Crippen LogP contribution < -0.4 is 0 Å². The van der Waals surface area contributed by atoms with E-state index in [9.17, 15) is 4.79 Å². The van der Waals surface area contributed by atoms with Gasteiger partial charge in [-0.05, 0) is 32.6 Å². The first kappa shape index (κ1) is 12.7. The Morgan fingerprint density at radius 1 is 1.26 bits per heavy atom. The van der Waals surface area contributed by atoms with Crippen molar-refractivity contribution in [3.63, 3.8) is 0 Å². The van der Waals surface area contributed by atoms with Gasteiger partial charge in [0.2, 0.25) is 5.91 Å². The Hall–Kier alpha value is -1.32. The molecular formula is C15H22N2O2. The predicted molar refractivity (Wildman–Crippen MR) is 71.5 cm³/mol. The molecule has 1 saturated heterocycles. The van der Waals surface area contributed by atoms with Crippen LogP contribution in [0.4, 0.5) is 0 Å². The smallest absolute Gasteiger partial charge is 0.226 e. The minimum Gasteiger partial charge on any atom is -0.361 e. The second-order valence-electron chi connectivity index (χ2n) is 5.89. The number of carbonyl (C=O) groups excluding carboxylic acids is 1. The van der Waals surface area contributed by atoms with Gasteiger partial charge in [0, 0.05) is 18.5 Å². The Morgan fingerprint density at radius 3 is 2.74 bits per heavy atom. The summed E-state index contributed by atoms with van der Waals surface area (Å²) in [6, 6.07) is 2.11. The molecule has 2 aliphatic rings. The molecular weight excluding hydrogens is 240 g/mol. The van der Waals surface area contributed by atoms with E-state index in [4.69, 9.17) is 4.52 Å². The number of nitrogens with zero attached hydrogens (tertiary/aromatic N) is 2. The number of carbonyl (C=O) groups is 1. The van der Waals surface area contributed by atoms with Crippen LogP contribution in [0.2, 0.25) is 0 Å². The SMILES string of the molecule is Cc1cc([C@@H]2CCCN2C(=O)C2CCCCC2)no1. The molecule has 0 N–H and O–H groups in total. The lowest BCUT2D eigenvalue weighted by Gasteiger charge is -2.29.